The van der Waals surface area contributed by atoms with Gasteiger partial charge in [-0.25, -0.2) is 0 Å². The average molecular weight is 400 g/mol. The van der Waals surface area contributed by atoms with Crippen LogP contribution in [0.3, 0.4) is 0 Å². The Kier molecular flexibility index (Phi) is 5.16. The molecule has 1 aliphatic heterocycles. The SMILES string of the molecule is O=C(NCc1ccco1)[C@H]1CCCN1C(=O)c1cc(-c2ccccc2Cl)on1. The van der Waals surface area contributed by atoms with Gasteiger partial charge in [0.2, 0.25) is 5.91 Å². The Morgan fingerprint density at radius 1 is 1.25 bits per heavy atom. The maximum absolute atomic E-state index is 12.9. The number of nitrogens with zero attached hydrogens (tertiary/aromatic N) is 2. The maximum atomic E-state index is 12.9. The van der Waals surface area contributed by atoms with Crippen LogP contribution in [0.15, 0.2) is 57.7 Å². The van der Waals surface area contributed by atoms with Gasteiger partial charge in [-0.1, -0.05) is 28.9 Å². The van der Waals surface area contributed by atoms with Crippen LogP contribution in [0.2, 0.25) is 5.02 Å². The van der Waals surface area contributed by atoms with E-state index in [2.05, 4.69) is 10.5 Å². The molecule has 0 aliphatic carbocycles. The fourth-order valence-electron chi connectivity index (χ4n) is 3.30. The van der Waals surface area contributed by atoms with Gasteiger partial charge in [0.05, 0.1) is 17.8 Å². The summed E-state index contributed by atoms with van der Waals surface area (Å²) in [6, 6.07) is 11.7. The second kappa shape index (κ2) is 7.90. The monoisotopic (exact) mass is 399 g/mol. The summed E-state index contributed by atoms with van der Waals surface area (Å²) in [5, 5.41) is 7.21. The number of halogens is 1. The second-order valence-electron chi connectivity index (χ2n) is 6.51. The number of amides is 2. The van der Waals surface area contributed by atoms with Gasteiger partial charge in [0.1, 0.15) is 11.8 Å². The van der Waals surface area contributed by atoms with E-state index in [1.807, 2.05) is 12.1 Å². The summed E-state index contributed by atoms with van der Waals surface area (Å²) >= 11 is 6.17. The highest BCUT2D eigenvalue weighted by atomic mass is 35.5. The van der Waals surface area contributed by atoms with E-state index < -0.39 is 6.04 Å². The summed E-state index contributed by atoms with van der Waals surface area (Å²) < 4.78 is 10.5. The van der Waals surface area contributed by atoms with Gasteiger partial charge in [0.15, 0.2) is 11.5 Å². The van der Waals surface area contributed by atoms with Crippen LogP contribution in [0, 0.1) is 0 Å². The molecule has 7 nitrogen and oxygen atoms in total. The lowest BCUT2D eigenvalue weighted by atomic mass is 10.1. The number of nitrogens with one attached hydrogen (secondary N) is 1. The maximum Gasteiger partial charge on any atom is 0.276 e. The highest BCUT2D eigenvalue weighted by molar-refractivity contribution is 6.33. The summed E-state index contributed by atoms with van der Waals surface area (Å²) in [5.74, 6) is 0.520. The van der Waals surface area contributed by atoms with Crippen molar-refractivity contribution >= 4 is 23.4 Å². The molecule has 2 amide bonds. The Morgan fingerprint density at radius 2 is 2.11 bits per heavy atom. The number of furan rings is 1. The molecule has 0 radical (unpaired) electrons. The van der Waals surface area contributed by atoms with Gasteiger partial charge in [-0.15, -0.1) is 0 Å². The largest absolute Gasteiger partial charge is 0.467 e. The minimum atomic E-state index is -0.539. The second-order valence-corrected chi connectivity index (χ2v) is 6.92. The van der Waals surface area contributed by atoms with Gasteiger partial charge in [-0.2, -0.15) is 0 Å². The standard InChI is InChI=1S/C20H18ClN3O4/c21-15-7-2-1-6-14(15)18-11-16(23-28-18)20(26)24-9-3-8-17(24)19(25)22-12-13-5-4-10-27-13/h1-2,4-7,10-11,17H,3,8-9,12H2,(H,22,25)/t17-/m1/s1. The summed E-state index contributed by atoms with van der Waals surface area (Å²) in [6.07, 6.45) is 2.90. The quantitative estimate of drug-likeness (QED) is 0.709. The number of aromatic nitrogens is 1. The lowest BCUT2D eigenvalue weighted by Gasteiger charge is -2.22. The van der Waals surface area contributed by atoms with Crippen molar-refractivity contribution in [2.45, 2.75) is 25.4 Å². The molecule has 0 saturated carbocycles. The van der Waals surface area contributed by atoms with E-state index in [1.54, 1.807) is 36.6 Å². The Bertz CT molecular complexity index is 983. The molecule has 1 atom stereocenters. The van der Waals surface area contributed by atoms with E-state index in [0.29, 0.717) is 35.1 Å². The van der Waals surface area contributed by atoms with Crippen LogP contribution in [-0.2, 0) is 11.3 Å². The fourth-order valence-corrected chi connectivity index (χ4v) is 3.53. The Hall–Kier alpha value is -3.06. The van der Waals surface area contributed by atoms with Crippen molar-refractivity contribution in [2.24, 2.45) is 0 Å². The van der Waals surface area contributed by atoms with Crippen LogP contribution in [0.25, 0.3) is 11.3 Å². The van der Waals surface area contributed by atoms with Crippen molar-refractivity contribution in [2.75, 3.05) is 6.54 Å². The summed E-state index contributed by atoms with van der Waals surface area (Å²) in [4.78, 5) is 27.0. The number of likely N-dealkylation sites (tertiary alicyclic amines) is 1. The van der Waals surface area contributed by atoms with Gasteiger partial charge in [0.25, 0.3) is 5.91 Å². The Balaban J connectivity index is 1.46. The van der Waals surface area contributed by atoms with E-state index in [0.717, 1.165) is 6.42 Å². The third-order valence-electron chi connectivity index (χ3n) is 4.70. The summed E-state index contributed by atoms with van der Waals surface area (Å²) in [5.41, 5.74) is 0.811. The predicted octanol–water partition coefficient (Wildman–Crippen LogP) is 3.51. The van der Waals surface area contributed by atoms with Gasteiger partial charge < -0.3 is 19.2 Å². The molecule has 0 unspecified atom stereocenters. The molecule has 1 aromatic carbocycles. The van der Waals surface area contributed by atoms with Gasteiger partial charge in [0, 0.05) is 18.2 Å². The molecule has 3 heterocycles. The van der Waals surface area contributed by atoms with E-state index in [4.69, 9.17) is 20.5 Å². The van der Waals surface area contributed by atoms with Gasteiger partial charge >= 0.3 is 0 Å². The van der Waals surface area contributed by atoms with E-state index in [-0.39, 0.29) is 24.1 Å². The third-order valence-corrected chi connectivity index (χ3v) is 5.03. The van der Waals surface area contributed by atoms with Gasteiger partial charge in [-0.05, 0) is 37.1 Å². The Morgan fingerprint density at radius 3 is 2.89 bits per heavy atom. The molecule has 1 aliphatic rings. The van der Waals surface area contributed by atoms with Crippen molar-refractivity contribution < 1.29 is 18.5 Å². The van der Waals surface area contributed by atoms with Crippen LogP contribution < -0.4 is 5.32 Å². The number of rotatable bonds is 5. The first-order chi connectivity index (χ1) is 13.6. The van der Waals surface area contributed by atoms with Crippen molar-refractivity contribution in [3.8, 4) is 11.3 Å². The van der Waals surface area contributed by atoms with E-state index in [9.17, 15) is 9.59 Å². The Labute approximate surface area is 166 Å². The molecule has 0 bridgehead atoms. The summed E-state index contributed by atoms with van der Waals surface area (Å²) in [7, 11) is 0. The molecular weight excluding hydrogens is 382 g/mol. The van der Waals surface area contributed by atoms with Crippen LogP contribution in [-0.4, -0.2) is 34.5 Å². The van der Waals surface area contributed by atoms with Crippen LogP contribution in [0.5, 0.6) is 0 Å². The number of hydrogen-bond acceptors (Lipinski definition) is 5. The van der Waals surface area contributed by atoms with Crippen molar-refractivity contribution in [1.29, 1.82) is 0 Å². The zero-order valence-electron chi connectivity index (χ0n) is 14.9. The minimum absolute atomic E-state index is 0.153. The molecular formula is C20H18ClN3O4. The molecule has 1 fully saturated rings. The van der Waals surface area contributed by atoms with E-state index >= 15 is 0 Å². The molecule has 144 valence electrons. The lowest BCUT2D eigenvalue weighted by molar-refractivity contribution is -0.125. The normalized spacial score (nSPS) is 16.3. The van der Waals surface area contributed by atoms with Crippen molar-refractivity contribution in [1.82, 2.24) is 15.4 Å². The predicted molar refractivity (Wildman–Crippen MR) is 102 cm³/mol. The van der Waals surface area contributed by atoms with Gasteiger partial charge in [-0.3, -0.25) is 9.59 Å². The summed E-state index contributed by atoms with van der Waals surface area (Å²) in [6.45, 7) is 0.775. The molecule has 4 rings (SSSR count). The van der Waals surface area contributed by atoms with Crippen molar-refractivity contribution in [3.63, 3.8) is 0 Å². The fraction of sp³-hybridized carbons (Fsp3) is 0.250. The minimum Gasteiger partial charge on any atom is -0.467 e. The smallest absolute Gasteiger partial charge is 0.276 e. The molecule has 0 spiro atoms. The first-order valence-corrected chi connectivity index (χ1v) is 9.34. The zero-order chi connectivity index (χ0) is 19.5. The van der Waals surface area contributed by atoms with Crippen LogP contribution in [0.1, 0.15) is 29.1 Å². The number of hydrogen-bond donors (Lipinski definition) is 1. The first-order valence-electron chi connectivity index (χ1n) is 8.96. The lowest BCUT2D eigenvalue weighted by Crippen LogP contribution is -2.45. The topological polar surface area (TPSA) is 88.6 Å². The molecule has 2 aromatic heterocycles. The average Bonchev–Trinajstić information content (AvgIpc) is 3.47. The number of carbonyl (C=O) groups excluding carboxylic acids is 2. The van der Waals surface area contributed by atoms with E-state index in [1.165, 1.54) is 4.90 Å². The molecule has 28 heavy (non-hydrogen) atoms. The first kappa shape index (κ1) is 18.3. The van der Waals surface area contributed by atoms with Crippen molar-refractivity contribution in [3.05, 3.63) is 65.2 Å². The number of carbonyl (C=O) groups is 2. The molecule has 1 saturated heterocycles. The molecule has 8 heteroatoms. The zero-order valence-corrected chi connectivity index (χ0v) is 15.7. The highest BCUT2D eigenvalue weighted by Crippen LogP contribution is 2.29. The van der Waals surface area contributed by atoms with Crippen LogP contribution in [0.4, 0.5) is 0 Å². The van der Waals surface area contributed by atoms with Crippen LogP contribution >= 0.6 is 11.6 Å². The molecule has 1 N–H and O–H groups in total. The highest BCUT2D eigenvalue weighted by Gasteiger charge is 2.35. The third kappa shape index (κ3) is 3.66. The molecule has 3 aromatic rings. The number of benzene rings is 1.